The SMILES string of the molecule is CCNC(=NCc1ccc(CN2CCCC2)cc1)NCc1c(CC)noc1CC. The highest BCUT2D eigenvalue weighted by atomic mass is 16.5. The highest BCUT2D eigenvalue weighted by Gasteiger charge is 2.14. The molecule has 1 aromatic carbocycles. The van der Waals surface area contributed by atoms with Crippen LogP contribution in [0, 0.1) is 0 Å². The molecule has 6 nitrogen and oxygen atoms in total. The van der Waals surface area contributed by atoms with E-state index in [0.717, 1.165) is 48.9 Å². The molecule has 0 amide bonds. The number of benzene rings is 1. The average molecular weight is 398 g/mol. The molecular formula is C23H35N5O. The molecule has 2 aromatic rings. The van der Waals surface area contributed by atoms with Crippen molar-refractivity contribution in [1.82, 2.24) is 20.7 Å². The van der Waals surface area contributed by atoms with Crippen molar-refractivity contribution < 1.29 is 4.52 Å². The molecule has 0 spiro atoms. The predicted octanol–water partition coefficient (Wildman–Crippen LogP) is 3.65. The lowest BCUT2D eigenvalue weighted by molar-refractivity contribution is 0.331. The molecule has 0 bridgehead atoms. The number of hydrogen-bond acceptors (Lipinski definition) is 4. The molecule has 0 aliphatic carbocycles. The number of aliphatic imine (C=N–C) groups is 1. The summed E-state index contributed by atoms with van der Waals surface area (Å²) in [6.45, 7) is 12.0. The summed E-state index contributed by atoms with van der Waals surface area (Å²) in [5.41, 5.74) is 4.79. The fourth-order valence-corrected chi connectivity index (χ4v) is 3.77. The van der Waals surface area contributed by atoms with Gasteiger partial charge in [0.1, 0.15) is 5.76 Å². The van der Waals surface area contributed by atoms with Gasteiger partial charge in [-0.05, 0) is 50.4 Å². The molecule has 158 valence electrons. The van der Waals surface area contributed by atoms with Crippen molar-refractivity contribution >= 4 is 5.96 Å². The highest BCUT2D eigenvalue weighted by molar-refractivity contribution is 5.79. The summed E-state index contributed by atoms with van der Waals surface area (Å²) in [6.07, 6.45) is 4.39. The molecular weight excluding hydrogens is 362 g/mol. The molecule has 0 saturated carbocycles. The van der Waals surface area contributed by atoms with Crippen molar-refractivity contribution in [3.8, 4) is 0 Å². The number of rotatable bonds is 9. The molecule has 0 radical (unpaired) electrons. The maximum absolute atomic E-state index is 5.46. The van der Waals surface area contributed by atoms with Gasteiger partial charge in [0.05, 0.1) is 12.2 Å². The summed E-state index contributed by atoms with van der Waals surface area (Å²) in [4.78, 5) is 7.29. The zero-order valence-electron chi connectivity index (χ0n) is 18.1. The quantitative estimate of drug-likeness (QED) is 0.499. The van der Waals surface area contributed by atoms with Crippen molar-refractivity contribution in [3.63, 3.8) is 0 Å². The number of nitrogens with zero attached hydrogens (tertiary/aromatic N) is 3. The normalized spacial score (nSPS) is 15.1. The van der Waals surface area contributed by atoms with E-state index in [4.69, 9.17) is 9.52 Å². The molecule has 2 heterocycles. The van der Waals surface area contributed by atoms with Crippen LogP contribution in [-0.2, 0) is 32.5 Å². The van der Waals surface area contributed by atoms with Gasteiger partial charge in [-0.3, -0.25) is 4.90 Å². The molecule has 1 saturated heterocycles. The Morgan fingerprint density at radius 3 is 2.41 bits per heavy atom. The van der Waals surface area contributed by atoms with E-state index < -0.39 is 0 Å². The molecule has 3 rings (SSSR count). The standard InChI is InChI=1S/C23H35N5O/c1-4-21-20(22(5-2)29-27-21)16-26-23(24-6-3)25-15-18-9-11-19(12-10-18)17-28-13-7-8-14-28/h9-12H,4-8,13-17H2,1-3H3,(H2,24,25,26). The van der Waals surface area contributed by atoms with Gasteiger partial charge in [0, 0.05) is 31.6 Å². The number of aromatic nitrogens is 1. The molecule has 1 aliphatic heterocycles. The lowest BCUT2D eigenvalue weighted by atomic mass is 10.1. The Bertz CT molecular complexity index is 754. The molecule has 1 aromatic heterocycles. The van der Waals surface area contributed by atoms with Gasteiger partial charge in [-0.15, -0.1) is 0 Å². The predicted molar refractivity (Wildman–Crippen MR) is 118 cm³/mol. The lowest BCUT2D eigenvalue weighted by Gasteiger charge is -2.14. The van der Waals surface area contributed by atoms with E-state index in [1.54, 1.807) is 0 Å². The topological polar surface area (TPSA) is 65.7 Å². The molecule has 1 fully saturated rings. The Balaban J connectivity index is 1.58. The van der Waals surface area contributed by atoms with E-state index in [-0.39, 0.29) is 0 Å². The number of nitrogens with one attached hydrogen (secondary N) is 2. The monoisotopic (exact) mass is 397 g/mol. The smallest absolute Gasteiger partial charge is 0.191 e. The number of likely N-dealkylation sites (tertiary alicyclic amines) is 1. The van der Waals surface area contributed by atoms with Crippen LogP contribution in [0.15, 0.2) is 33.8 Å². The Hall–Kier alpha value is -2.34. The van der Waals surface area contributed by atoms with Crippen LogP contribution < -0.4 is 10.6 Å². The van der Waals surface area contributed by atoms with Gasteiger partial charge in [0.25, 0.3) is 0 Å². The first kappa shape index (κ1) is 21.4. The lowest BCUT2D eigenvalue weighted by Crippen LogP contribution is -2.37. The van der Waals surface area contributed by atoms with Crippen molar-refractivity contribution in [2.45, 2.75) is 66.1 Å². The van der Waals surface area contributed by atoms with Crippen LogP contribution in [-0.4, -0.2) is 35.7 Å². The molecule has 29 heavy (non-hydrogen) atoms. The first-order chi connectivity index (χ1) is 14.2. The Morgan fingerprint density at radius 2 is 1.76 bits per heavy atom. The molecule has 6 heteroatoms. The average Bonchev–Trinajstić information content (AvgIpc) is 3.40. The second-order valence-electron chi connectivity index (χ2n) is 7.59. The fraction of sp³-hybridized carbons (Fsp3) is 0.565. The minimum Gasteiger partial charge on any atom is -0.361 e. The molecule has 2 N–H and O–H groups in total. The molecule has 0 unspecified atom stereocenters. The van der Waals surface area contributed by atoms with E-state index in [0.29, 0.717) is 13.1 Å². The summed E-state index contributed by atoms with van der Waals surface area (Å²) in [7, 11) is 0. The number of hydrogen-bond donors (Lipinski definition) is 2. The van der Waals surface area contributed by atoms with Crippen LogP contribution in [0.1, 0.15) is 61.8 Å². The van der Waals surface area contributed by atoms with Crippen molar-refractivity contribution in [1.29, 1.82) is 0 Å². The van der Waals surface area contributed by atoms with Crippen LogP contribution in [0.5, 0.6) is 0 Å². The summed E-state index contributed by atoms with van der Waals surface area (Å²) in [6, 6.07) is 8.87. The fourth-order valence-electron chi connectivity index (χ4n) is 3.77. The second-order valence-corrected chi connectivity index (χ2v) is 7.59. The Labute approximate surface area is 174 Å². The van der Waals surface area contributed by atoms with Gasteiger partial charge in [0.15, 0.2) is 5.96 Å². The van der Waals surface area contributed by atoms with Crippen molar-refractivity contribution in [2.24, 2.45) is 4.99 Å². The third-order valence-corrected chi connectivity index (χ3v) is 5.43. The van der Waals surface area contributed by atoms with Crippen molar-refractivity contribution in [2.75, 3.05) is 19.6 Å². The van der Waals surface area contributed by atoms with Gasteiger partial charge in [-0.1, -0.05) is 43.3 Å². The third-order valence-electron chi connectivity index (χ3n) is 5.43. The largest absolute Gasteiger partial charge is 0.361 e. The Kier molecular flexibility index (Phi) is 8.11. The van der Waals surface area contributed by atoms with Crippen LogP contribution in [0.4, 0.5) is 0 Å². The third kappa shape index (κ3) is 6.07. The minimum atomic E-state index is 0.657. The maximum Gasteiger partial charge on any atom is 0.191 e. The van der Waals surface area contributed by atoms with E-state index >= 15 is 0 Å². The molecule has 0 atom stereocenters. The van der Waals surface area contributed by atoms with E-state index in [9.17, 15) is 0 Å². The minimum absolute atomic E-state index is 0.657. The van der Waals surface area contributed by atoms with Crippen LogP contribution in [0.2, 0.25) is 0 Å². The number of guanidine groups is 1. The Morgan fingerprint density at radius 1 is 1.03 bits per heavy atom. The van der Waals surface area contributed by atoms with E-state index in [1.807, 2.05) is 0 Å². The van der Waals surface area contributed by atoms with Gasteiger partial charge in [0.2, 0.25) is 0 Å². The van der Waals surface area contributed by atoms with Gasteiger partial charge in [-0.25, -0.2) is 4.99 Å². The van der Waals surface area contributed by atoms with Gasteiger partial charge in [-0.2, -0.15) is 0 Å². The first-order valence-electron chi connectivity index (χ1n) is 11.0. The zero-order chi connectivity index (χ0) is 20.5. The van der Waals surface area contributed by atoms with Crippen LogP contribution >= 0.6 is 0 Å². The van der Waals surface area contributed by atoms with Gasteiger partial charge >= 0.3 is 0 Å². The summed E-state index contributed by atoms with van der Waals surface area (Å²) in [5.74, 6) is 1.78. The summed E-state index contributed by atoms with van der Waals surface area (Å²) >= 11 is 0. The zero-order valence-corrected chi connectivity index (χ0v) is 18.1. The first-order valence-corrected chi connectivity index (χ1v) is 11.0. The van der Waals surface area contributed by atoms with E-state index in [1.165, 1.54) is 37.1 Å². The van der Waals surface area contributed by atoms with Crippen molar-refractivity contribution in [3.05, 3.63) is 52.4 Å². The van der Waals surface area contributed by atoms with Crippen LogP contribution in [0.25, 0.3) is 0 Å². The summed E-state index contributed by atoms with van der Waals surface area (Å²) in [5, 5.41) is 11.0. The van der Waals surface area contributed by atoms with Gasteiger partial charge < -0.3 is 15.2 Å². The highest BCUT2D eigenvalue weighted by Crippen LogP contribution is 2.16. The second kappa shape index (κ2) is 11.0. The summed E-state index contributed by atoms with van der Waals surface area (Å²) < 4.78 is 5.46. The maximum atomic E-state index is 5.46. The van der Waals surface area contributed by atoms with E-state index in [2.05, 4.69) is 65.7 Å². The molecule has 1 aliphatic rings. The van der Waals surface area contributed by atoms with Crippen LogP contribution in [0.3, 0.4) is 0 Å². The number of aryl methyl sites for hydroxylation is 2.